The summed E-state index contributed by atoms with van der Waals surface area (Å²) in [6.45, 7) is 4.32. The van der Waals surface area contributed by atoms with E-state index in [9.17, 15) is 14.7 Å². The summed E-state index contributed by atoms with van der Waals surface area (Å²) in [5, 5.41) is 9.35. The molecule has 0 radical (unpaired) electrons. The molecule has 1 aliphatic heterocycles. The highest BCUT2D eigenvalue weighted by molar-refractivity contribution is 5.96. The fourth-order valence-corrected chi connectivity index (χ4v) is 3.65. The van der Waals surface area contributed by atoms with E-state index in [-0.39, 0.29) is 5.91 Å². The Morgan fingerprint density at radius 1 is 1.15 bits per heavy atom. The monoisotopic (exact) mass is 352 g/mol. The number of amides is 1. The zero-order chi connectivity index (χ0) is 18.7. The van der Waals surface area contributed by atoms with Crippen molar-refractivity contribution in [3.8, 4) is 11.1 Å². The van der Waals surface area contributed by atoms with Crippen molar-refractivity contribution < 1.29 is 14.7 Å². The van der Waals surface area contributed by atoms with Crippen molar-refractivity contribution in [2.45, 2.75) is 26.3 Å². The Kier molecular flexibility index (Phi) is 5.09. The van der Waals surface area contributed by atoms with Gasteiger partial charge >= 0.3 is 5.97 Å². The number of hydrogen-bond donors (Lipinski definition) is 2. The minimum absolute atomic E-state index is 0.233. The topological polar surface area (TPSA) is 83.6 Å². The second-order valence-corrected chi connectivity index (χ2v) is 7.29. The number of likely N-dealkylation sites (tertiary alicyclic amines) is 1. The number of rotatable bonds is 5. The van der Waals surface area contributed by atoms with Gasteiger partial charge in [-0.15, -0.1) is 0 Å². The number of piperidine rings is 1. The van der Waals surface area contributed by atoms with Gasteiger partial charge in [-0.3, -0.25) is 9.69 Å². The average Bonchev–Trinajstić information content (AvgIpc) is 2.62. The van der Waals surface area contributed by atoms with Gasteiger partial charge in [-0.25, -0.2) is 4.79 Å². The van der Waals surface area contributed by atoms with Crippen LogP contribution in [0.1, 0.15) is 35.7 Å². The fraction of sp³-hybridized carbons (Fsp3) is 0.333. The van der Waals surface area contributed by atoms with Crippen LogP contribution in [0.2, 0.25) is 0 Å². The predicted octanol–water partition coefficient (Wildman–Crippen LogP) is 3.14. The quantitative estimate of drug-likeness (QED) is 0.866. The molecule has 26 heavy (non-hydrogen) atoms. The molecule has 0 aliphatic carbocycles. The van der Waals surface area contributed by atoms with Gasteiger partial charge in [-0.1, -0.05) is 42.5 Å². The minimum atomic E-state index is -0.927. The van der Waals surface area contributed by atoms with Crippen molar-refractivity contribution in [1.29, 1.82) is 0 Å². The summed E-state index contributed by atoms with van der Waals surface area (Å²) < 4.78 is 0. The Hall–Kier alpha value is -2.66. The first-order valence-corrected chi connectivity index (χ1v) is 8.83. The fourth-order valence-electron chi connectivity index (χ4n) is 3.65. The van der Waals surface area contributed by atoms with Crippen LogP contribution < -0.4 is 5.73 Å². The number of carboxylic acid groups (broad SMARTS) is 1. The van der Waals surface area contributed by atoms with Crippen LogP contribution >= 0.6 is 0 Å². The largest absolute Gasteiger partial charge is 0.478 e. The van der Waals surface area contributed by atoms with Gasteiger partial charge in [0.2, 0.25) is 5.91 Å². The molecule has 0 saturated carbocycles. The molecule has 0 aromatic heterocycles. The van der Waals surface area contributed by atoms with E-state index in [4.69, 9.17) is 5.73 Å². The molecule has 0 unspecified atom stereocenters. The second-order valence-electron chi connectivity index (χ2n) is 7.29. The van der Waals surface area contributed by atoms with Gasteiger partial charge in [0.25, 0.3) is 0 Å². The highest BCUT2D eigenvalue weighted by Gasteiger charge is 2.35. The lowest BCUT2D eigenvalue weighted by atomic mass is 9.81. The van der Waals surface area contributed by atoms with Gasteiger partial charge in [0.05, 0.1) is 11.0 Å². The molecule has 136 valence electrons. The van der Waals surface area contributed by atoms with Crippen LogP contribution in [0, 0.1) is 5.41 Å². The van der Waals surface area contributed by atoms with E-state index >= 15 is 0 Å². The summed E-state index contributed by atoms with van der Waals surface area (Å²) in [5.41, 5.74) is 8.14. The molecule has 3 rings (SSSR count). The Morgan fingerprint density at radius 2 is 1.85 bits per heavy atom. The maximum Gasteiger partial charge on any atom is 0.336 e. The first-order valence-electron chi connectivity index (χ1n) is 8.83. The normalized spacial score (nSPS) is 20.7. The van der Waals surface area contributed by atoms with E-state index in [0.29, 0.717) is 17.7 Å². The second kappa shape index (κ2) is 7.30. The lowest BCUT2D eigenvalue weighted by molar-refractivity contribution is -0.129. The van der Waals surface area contributed by atoms with E-state index < -0.39 is 11.4 Å². The van der Waals surface area contributed by atoms with E-state index in [0.717, 1.165) is 37.1 Å². The van der Waals surface area contributed by atoms with Crippen molar-refractivity contribution in [3.63, 3.8) is 0 Å². The number of nitrogens with zero attached hydrogens (tertiary/aromatic N) is 1. The lowest BCUT2D eigenvalue weighted by Gasteiger charge is -2.38. The number of carboxylic acids is 1. The van der Waals surface area contributed by atoms with E-state index in [1.54, 1.807) is 12.1 Å². The molecule has 3 N–H and O–H groups in total. The van der Waals surface area contributed by atoms with Crippen molar-refractivity contribution in [1.82, 2.24) is 4.90 Å². The molecule has 1 heterocycles. The average molecular weight is 352 g/mol. The molecule has 1 saturated heterocycles. The van der Waals surface area contributed by atoms with Crippen LogP contribution in [-0.4, -0.2) is 35.0 Å². The molecule has 1 amide bonds. The molecule has 1 aliphatic rings. The molecule has 1 atom stereocenters. The molecular formula is C21H24N2O3. The number of benzene rings is 2. The Morgan fingerprint density at radius 3 is 2.50 bits per heavy atom. The number of primary amides is 1. The first-order chi connectivity index (χ1) is 12.4. The molecule has 5 heteroatoms. The Bertz CT molecular complexity index is 816. The summed E-state index contributed by atoms with van der Waals surface area (Å²) in [5.74, 6) is -1.16. The van der Waals surface area contributed by atoms with E-state index in [2.05, 4.69) is 4.90 Å². The maximum absolute atomic E-state index is 11.7. The lowest BCUT2D eigenvalue weighted by Crippen LogP contribution is -2.48. The van der Waals surface area contributed by atoms with Crippen molar-refractivity contribution in [2.24, 2.45) is 11.1 Å². The third-order valence-corrected chi connectivity index (χ3v) is 5.20. The zero-order valence-electron chi connectivity index (χ0n) is 14.9. The molecule has 5 nitrogen and oxygen atoms in total. The summed E-state index contributed by atoms with van der Waals surface area (Å²) in [7, 11) is 0. The van der Waals surface area contributed by atoms with Crippen molar-refractivity contribution in [3.05, 3.63) is 59.7 Å². The number of carbonyl (C=O) groups excluding carboxylic acids is 1. The van der Waals surface area contributed by atoms with Gasteiger partial charge in [0, 0.05) is 13.1 Å². The van der Waals surface area contributed by atoms with Gasteiger partial charge in [0.1, 0.15) is 0 Å². The predicted molar refractivity (Wildman–Crippen MR) is 101 cm³/mol. The SMILES string of the molecule is C[C@@]1(C(N)=O)CCCN(Cc2ccc(-c3ccccc3C(=O)O)cc2)C1. The first kappa shape index (κ1) is 18.1. The van der Waals surface area contributed by atoms with E-state index in [1.165, 1.54) is 0 Å². The van der Waals surface area contributed by atoms with E-state index in [1.807, 2.05) is 43.3 Å². The summed E-state index contributed by atoms with van der Waals surface area (Å²) in [4.78, 5) is 25.4. The Balaban J connectivity index is 1.75. The third kappa shape index (κ3) is 3.78. The van der Waals surface area contributed by atoms with Crippen LogP contribution in [0.3, 0.4) is 0 Å². The molecule has 2 aromatic rings. The third-order valence-electron chi connectivity index (χ3n) is 5.20. The molecule has 1 fully saturated rings. The molecule has 2 aromatic carbocycles. The summed E-state index contributed by atoms with van der Waals surface area (Å²) >= 11 is 0. The highest BCUT2D eigenvalue weighted by atomic mass is 16.4. The standard InChI is InChI=1S/C21H24N2O3/c1-21(20(22)26)11-4-12-23(14-21)13-15-7-9-16(10-8-15)17-5-2-3-6-18(17)19(24)25/h2-3,5-10H,4,11-14H2,1H3,(H2,22,26)(H,24,25)/t21-/m1/s1. The van der Waals surface area contributed by atoms with Gasteiger partial charge in [0.15, 0.2) is 0 Å². The molecular weight excluding hydrogens is 328 g/mol. The van der Waals surface area contributed by atoms with Crippen LogP contribution in [0.15, 0.2) is 48.5 Å². The summed E-state index contributed by atoms with van der Waals surface area (Å²) in [6, 6.07) is 14.9. The molecule has 0 spiro atoms. The van der Waals surface area contributed by atoms with Crippen LogP contribution in [0.25, 0.3) is 11.1 Å². The highest BCUT2D eigenvalue weighted by Crippen LogP contribution is 2.30. The number of nitrogens with two attached hydrogens (primary N) is 1. The van der Waals surface area contributed by atoms with Crippen molar-refractivity contribution >= 4 is 11.9 Å². The molecule has 0 bridgehead atoms. The van der Waals surface area contributed by atoms with Crippen molar-refractivity contribution in [2.75, 3.05) is 13.1 Å². The van der Waals surface area contributed by atoms with Gasteiger partial charge in [-0.05, 0) is 49.1 Å². The van der Waals surface area contributed by atoms with Crippen LogP contribution in [-0.2, 0) is 11.3 Å². The van der Waals surface area contributed by atoms with Gasteiger partial charge in [-0.2, -0.15) is 0 Å². The zero-order valence-corrected chi connectivity index (χ0v) is 14.9. The van der Waals surface area contributed by atoms with Crippen LogP contribution in [0.5, 0.6) is 0 Å². The smallest absolute Gasteiger partial charge is 0.336 e. The Labute approximate surface area is 153 Å². The number of aromatic carboxylic acids is 1. The number of carbonyl (C=O) groups is 2. The number of hydrogen-bond acceptors (Lipinski definition) is 3. The maximum atomic E-state index is 11.7. The summed E-state index contributed by atoms with van der Waals surface area (Å²) in [6.07, 6.45) is 1.80. The van der Waals surface area contributed by atoms with Crippen LogP contribution in [0.4, 0.5) is 0 Å². The van der Waals surface area contributed by atoms with Gasteiger partial charge < -0.3 is 10.8 Å². The minimum Gasteiger partial charge on any atom is -0.478 e.